The maximum atomic E-state index is 11.8. The lowest BCUT2D eigenvalue weighted by Gasteiger charge is -2.20. The van der Waals surface area contributed by atoms with Gasteiger partial charge in [-0.3, -0.25) is 9.69 Å². The van der Waals surface area contributed by atoms with Gasteiger partial charge >= 0.3 is 0 Å². The van der Waals surface area contributed by atoms with Gasteiger partial charge in [0.2, 0.25) is 5.91 Å². The Bertz CT molecular complexity index is 429. The van der Waals surface area contributed by atoms with E-state index in [1.165, 1.54) is 0 Å². The molecular formula is C15H23ClN2O3. The Labute approximate surface area is 130 Å². The van der Waals surface area contributed by atoms with Crippen molar-refractivity contribution in [2.75, 3.05) is 46.5 Å². The SMILES string of the molecule is COCCN(CCO)CC(=O)NCCc1cccc(Cl)c1. The van der Waals surface area contributed by atoms with Crippen LogP contribution in [0, 0.1) is 0 Å². The molecule has 0 radical (unpaired) electrons. The molecule has 0 atom stereocenters. The Balaban J connectivity index is 2.28. The summed E-state index contributed by atoms with van der Waals surface area (Å²) in [6, 6.07) is 7.60. The van der Waals surface area contributed by atoms with Crippen LogP contribution in [-0.4, -0.2) is 62.4 Å². The molecule has 1 aromatic carbocycles. The van der Waals surface area contributed by atoms with Crippen LogP contribution in [0.2, 0.25) is 5.02 Å². The molecule has 1 amide bonds. The molecule has 0 aliphatic carbocycles. The molecule has 0 aromatic heterocycles. The van der Waals surface area contributed by atoms with Gasteiger partial charge in [-0.1, -0.05) is 23.7 Å². The third-order valence-electron chi connectivity index (χ3n) is 3.02. The van der Waals surface area contributed by atoms with Gasteiger partial charge < -0.3 is 15.2 Å². The van der Waals surface area contributed by atoms with Gasteiger partial charge in [-0.25, -0.2) is 0 Å². The summed E-state index contributed by atoms with van der Waals surface area (Å²) in [5, 5.41) is 12.5. The van der Waals surface area contributed by atoms with Gasteiger partial charge in [0.1, 0.15) is 0 Å². The summed E-state index contributed by atoms with van der Waals surface area (Å²) in [4.78, 5) is 13.7. The number of nitrogens with zero attached hydrogens (tertiary/aromatic N) is 1. The molecule has 0 fully saturated rings. The topological polar surface area (TPSA) is 61.8 Å². The van der Waals surface area contributed by atoms with Crippen LogP contribution in [0.3, 0.4) is 0 Å². The smallest absolute Gasteiger partial charge is 0.234 e. The first-order valence-electron chi connectivity index (χ1n) is 6.99. The number of aliphatic hydroxyl groups excluding tert-OH is 1. The number of methoxy groups -OCH3 is 1. The highest BCUT2D eigenvalue weighted by atomic mass is 35.5. The van der Waals surface area contributed by atoms with Crippen molar-refractivity contribution in [2.45, 2.75) is 6.42 Å². The van der Waals surface area contributed by atoms with Crippen molar-refractivity contribution < 1.29 is 14.6 Å². The number of rotatable bonds is 10. The monoisotopic (exact) mass is 314 g/mol. The van der Waals surface area contributed by atoms with Crippen LogP contribution in [0.25, 0.3) is 0 Å². The molecule has 21 heavy (non-hydrogen) atoms. The summed E-state index contributed by atoms with van der Waals surface area (Å²) in [6.45, 7) is 2.48. The van der Waals surface area contributed by atoms with Gasteiger partial charge in [-0.2, -0.15) is 0 Å². The number of halogens is 1. The second-order valence-corrected chi connectivity index (χ2v) is 5.16. The molecular weight excluding hydrogens is 292 g/mol. The van der Waals surface area contributed by atoms with Crippen LogP contribution >= 0.6 is 11.6 Å². The second-order valence-electron chi connectivity index (χ2n) is 4.72. The van der Waals surface area contributed by atoms with Crippen molar-refractivity contribution in [3.05, 3.63) is 34.9 Å². The van der Waals surface area contributed by atoms with Gasteiger partial charge in [0.15, 0.2) is 0 Å². The number of hydrogen-bond acceptors (Lipinski definition) is 4. The number of benzene rings is 1. The van der Waals surface area contributed by atoms with E-state index in [0.717, 1.165) is 12.0 Å². The molecule has 0 bridgehead atoms. The zero-order valence-electron chi connectivity index (χ0n) is 12.3. The number of amides is 1. The van der Waals surface area contributed by atoms with E-state index in [9.17, 15) is 4.79 Å². The van der Waals surface area contributed by atoms with E-state index in [2.05, 4.69) is 5.32 Å². The molecule has 5 nitrogen and oxygen atoms in total. The Hall–Kier alpha value is -1.14. The molecule has 118 valence electrons. The third-order valence-corrected chi connectivity index (χ3v) is 3.26. The van der Waals surface area contributed by atoms with Crippen molar-refractivity contribution in [2.24, 2.45) is 0 Å². The highest BCUT2D eigenvalue weighted by Crippen LogP contribution is 2.10. The van der Waals surface area contributed by atoms with E-state index in [1.54, 1.807) is 7.11 Å². The fraction of sp³-hybridized carbons (Fsp3) is 0.533. The molecule has 1 rings (SSSR count). The van der Waals surface area contributed by atoms with Crippen molar-refractivity contribution in [1.82, 2.24) is 10.2 Å². The summed E-state index contributed by atoms with van der Waals surface area (Å²) >= 11 is 5.91. The summed E-state index contributed by atoms with van der Waals surface area (Å²) < 4.78 is 4.98. The van der Waals surface area contributed by atoms with Gasteiger partial charge in [0.05, 0.1) is 19.8 Å². The maximum Gasteiger partial charge on any atom is 0.234 e. The third kappa shape index (κ3) is 8.02. The van der Waals surface area contributed by atoms with Crippen LogP contribution in [0.15, 0.2) is 24.3 Å². The van der Waals surface area contributed by atoms with Crippen LogP contribution in [0.1, 0.15) is 5.56 Å². The molecule has 0 heterocycles. The average Bonchev–Trinajstić information content (AvgIpc) is 2.45. The first kappa shape index (κ1) is 17.9. The normalized spacial score (nSPS) is 10.9. The van der Waals surface area contributed by atoms with E-state index in [-0.39, 0.29) is 19.1 Å². The molecule has 2 N–H and O–H groups in total. The van der Waals surface area contributed by atoms with Gasteiger partial charge in [0.25, 0.3) is 0 Å². The first-order chi connectivity index (χ1) is 10.2. The van der Waals surface area contributed by atoms with E-state index in [4.69, 9.17) is 21.4 Å². The summed E-state index contributed by atoms with van der Waals surface area (Å²) in [6.07, 6.45) is 0.740. The fourth-order valence-corrected chi connectivity index (χ4v) is 2.14. The quantitative estimate of drug-likeness (QED) is 0.675. The Kier molecular flexibility index (Phi) is 9.01. The molecule has 6 heteroatoms. The number of ether oxygens (including phenoxy) is 1. The lowest BCUT2D eigenvalue weighted by Crippen LogP contribution is -2.40. The van der Waals surface area contributed by atoms with E-state index in [0.29, 0.717) is 31.3 Å². The predicted molar refractivity (Wildman–Crippen MR) is 83.6 cm³/mol. The largest absolute Gasteiger partial charge is 0.395 e. The van der Waals surface area contributed by atoms with Crippen LogP contribution in [0.5, 0.6) is 0 Å². The highest BCUT2D eigenvalue weighted by molar-refractivity contribution is 6.30. The van der Waals surface area contributed by atoms with Crippen molar-refractivity contribution in [3.8, 4) is 0 Å². The summed E-state index contributed by atoms with van der Waals surface area (Å²) in [5.74, 6) is -0.0541. The maximum absolute atomic E-state index is 11.8. The molecule has 0 saturated carbocycles. The van der Waals surface area contributed by atoms with E-state index < -0.39 is 0 Å². The van der Waals surface area contributed by atoms with Crippen molar-refractivity contribution in [3.63, 3.8) is 0 Å². The minimum absolute atomic E-state index is 0.0273. The van der Waals surface area contributed by atoms with E-state index >= 15 is 0 Å². The zero-order valence-corrected chi connectivity index (χ0v) is 13.1. The first-order valence-corrected chi connectivity index (χ1v) is 7.36. The fourth-order valence-electron chi connectivity index (χ4n) is 1.93. The average molecular weight is 315 g/mol. The highest BCUT2D eigenvalue weighted by Gasteiger charge is 2.09. The van der Waals surface area contributed by atoms with E-state index in [1.807, 2.05) is 29.2 Å². The molecule has 0 saturated heterocycles. The molecule has 0 unspecified atom stereocenters. The Morgan fingerprint density at radius 3 is 2.90 bits per heavy atom. The van der Waals surface area contributed by atoms with Gasteiger partial charge in [-0.15, -0.1) is 0 Å². The Morgan fingerprint density at radius 2 is 2.24 bits per heavy atom. The zero-order chi connectivity index (χ0) is 15.5. The lowest BCUT2D eigenvalue weighted by molar-refractivity contribution is -0.122. The predicted octanol–water partition coefficient (Wildman–Crippen LogP) is 0.939. The minimum atomic E-state index is -0.0541. The van der Waals surface area contributed by atoms with Crippen LogP contribution < -0.4 is 5.32 Å². The van der Waals surface area contributed by atoms with Gasteiger partial charge in [-0.05, 0) is 24.1 Å². The standard InChI is InChI=1S/C15H23ClN2O3/c1-21-10-8-18(7-9-19)12-15(20)17-6-5-13-3-2-4-14(16)11-13/h2-4,11,19H,5-10,12H2,1H3,(H,17,20). The minimum Gasteiger partial charge on any atom is -0.395 e. The number of carbonyl (C=O) groups is 1. The van der Waals surface area contributed by atoms with Crippen molar-refractivity contribution >= 4 is 17.5 Å². The number of carbonyl (C=O) groups excluding carboxylic acids is 1. The molecule has 0 aliphatic heterocycles. The van der Waals surface area contributed by atoms with Crippen molar-refractivity contribution in [1.29, 1.82) is 0 Å². The molecule has 1 aromatic rings. The van der Waals surface area contributed by atoms with Gasteiger partial charge in [0, 0.05) is 31.8 Å². The second kappa shape index (κ2) is 10.6. The molecule has 0 spiro atoms. The van der Waals surface area contributed by atoms with Crippen LogP contribution in [0.4, 0.5) is 0 Å². The Morgan fingerprint density at radius 1 is 1.43 bits per heavy atom. The number of nitrogens with one attached hydrogen (secondary N) is 1. The van der Waals surface area contributed by atoms with Crippen LogP contribution in [-0.2, 0) is 16.0 Å². The summed E-state index contributed by atoms with van der Waals surface area (Å²) in [7, 11) is 1.61. The lowest BCUT2D eigenvalue weighted by atomic mass is 10.1. The molecule has 0 aliphatic rings. The summed E-state index contributed by atoms with van der Waals surface area (Å²) in [5.41, 5.74) is 1.09. The number of hydrogen-bond donors (Lipinski definition) is 2. The number of aliphatic hydroxyl groups is 1.